The van der Waals surface area contributed by atoms with Crippen molar-refractivity contribution in [1.82, 2.24) is 5.32 Å². The minimum Gasteiger partial charge on any atom is -0.463 e. The summed E-state index contributed by atoms with van der Waals surface area (Å²) in [5.74, 6) is 1.13. The van der Waals surface area contributed by atoms with Gasteiger partial charge in [0.15, 0.2) is 0 Å². The third-order valence-electron chi connectivity index (χ3n) is 3.84. The van der Waals surface area contributed by atoms with Crippen molar-refractivity contribution in [1.29, 1.82) is 0 Å². The lowest BCUT2D eigenvalue weighted by atomic mass is 10.0. The topological polar surface area (TPSA) is 83.7 Å². The third kappa shape index (κ3) is 3.55. The number of benzene rings is 1. The molecule has 1 aromatic heterocycles. The number of hydrogen-bond acceptors (Lipinski definition) is 4. The molecule has 2 amide bonds. The number of carbonyl (C=O) groups excluding carboxylic acids is 1. The molecule has 122 valence electrons. The van der Waals surface area contributed by atoms with Gasteiger partial charge in [-0.25, -0.2) is 4.79 Å². The fraction of sp³-hybridized carbons (Fsp3) is 0.353. The minimum atomic E-state index is -1.27. The number of carbonyl (C=O) groups is 1. The van der Waals surface area contributed by atoms with E-state index >= 15 is 0 Å². The average Bonchev–Trinajstić information content (AvgIpc) is 3.14. The van der Waals surface area contributed by atoms with Crippen LogP contribution in [0.5, 0.6) is 0 Å². The second kappa shape index (κ2) is 6.06. The van der Waals surface area contributed by atoms with E-state index in [1.54, 1.807) is 26.0 Å². The molecule has 0 bridgehead atoms. The first-order valence-corrected chi connectivity index (χ1v) is 7.48. The van der Waals surface area contributed by atoms with Gasteiger partial charge < -0.3 is 24.9 Å². The number of fused-ring (bicyclic) bond motifs is 1. The van der Waals surface area contributed by atoms with Gasteiger partial charge in [-0.2, -0.15) is 0 Å². The summed E-state index contributed by atoms with van der Waals surface area (Å²) in [4.78, 5) is 12.0. The van der Waals surface area contributed by atoms with Gasteiger partial charge in [-0.15, -0.1) is 0 Å². The maximum absolute atomic E-state index is 12.0. The zero-order valence-electron chi connectivity index (χ0n) is 13.2. The highest BCUT2D eigenvalue weighted by atomic mass is 16.5. The van der Waals surface area contributed by atoms with Gasteiger partial charge in [-0.1, -0.05) is 6.07 Å². The number of amides is 2. The van der Waals surface area contributed by atoms with Crippen LogP contribution in [0.4, 0.5) is 10.5 Å². The highest BCUT2D eigenvalue weighted by Crippen LogP contribution is 2.24. The average molecular weight is 316 g/mol. The van der Waals surface area contributed by atoms with E-state index in [-0.39, 0.29) is 12.6 Å². The number of aliphatic hydroxyl groups is 1. The Morgan fingerprint density at radius 3 is 2.78 bits per heavy atom. The summed E-state index contributed by atoms with van der Waals surface area (Å²) in [6.45, 7) is 4.63. The summed E-state index contributed by atoms with van der Waals surface area (Å²) in [6, 6.07) is 8.77. The van der Waals surface area contributed by atoms with Crippen LogP contribution in [0.3, 0.4) is 0 Å². The lowest BCUT2D eigenvalue weighted by molar-refractivity contribution is 0.0364. The molecule has 0 spiro atoms. The van der Waals surface area contributed by atoms with Crippen LogP contribution in [0.15, 0.2) is 34.7 Å². The van der Waals surface area contributed by atoms with Crippen molar-refractivity contribution >= 4 is 11.7 Å². The van der Waals surface area contributed by atoms with E-state index in [0.717, 1.165) is 11.1 Å². The largest absolute Gasteiger partial charge is 0.463 e. The lowest BCUT2D eigenvalue weighted by Gasteiger charge is -2.21. The van der Waals surface area contributed by atoms with E-state index in [4.69, 9.17) is 9.15 Å². The number of furan rings is 1. The molecule has 1 aromatic carbocycles. The van der Waals surface area contributed by atoms with E-state index < -0.39 is 5.60 Å². The SMILES string of the molecule is Cc1ccc(C(C)(O)CNC(=O)Nc2ccc3c(c2)COC3)o1. The first-order valence-electron chi connectivity index (χ1n) is 7.48. The number of anilines is 1. The molecule has 0 radical (unpaired) electrons. The molecule has 1 atom stereocenters. The van der Waals surface area contributed by atoms with Gasteiger partial charge in [0.2, 0.25) is 0 Å². The first kappa shape index (κ1) is 15.6. The predicted octanol–water partition coefficient (Wildman–Crippen LogP) is 2.65. The Bertz CT molecular complexity index is 721. The van der Waals surface area contributed by atoms with Gasteiger partial charge in [0.1, 0.15) is 17.1 Å². The second-order valence-electron chi connectivity index (χ2n) is 5.97. The standard InChI is InChI=1S/C17H20N2O4/c1-11-3-6-15(23-11)17(2,21)10-18-16(20)19-14-5-4-12-8-22-9-13(12)7-14/h3-7,21H,8-10H2,1-2H3,(H2,18,19,20). The molecule has 0 aliphatic carbocycles. The predicted molar refractivity (Wildman–Crippen MR) is 85.0 cm³/mol. The van der Waals surface area contributed by atoms with Gasteiger partial charge in [0.25, 0.3) is 0 Å². The van der Waals surface area contributed by atoms with Crippen LogP contribution in [0, 0.1) is 6.92 Å². The summed E-state index contributed by atoms with van der Waals surface area (Å²) in [6.07, 6.45) is 0. The Morgan fingerprint density at radius 1 is 1.26 bits per heavy atom. The number of ether oxygens (including phenoxy) is 1. The molecule has 0 saturated carbocycles. The lowest BCUT2D eigenvalue weighted by Crippen LogP contribution is -2.40. The number of aryl methyl sites for hydroxylation is 1. The summed E-state index contributed by atoms with van der Waals surface area (Å²) in [5, 5.41) is 15.8. The summed E-state index contributed by atoms with van der Waals surface area (Å²) < 4.78 is 10.8. The van der Waals surface area contributed by atoms with E-state index in [1.807, 2.05) is 18.2 Å². The van der Waals surface area contributed by atoms with E-state index in [2.05, 4.69) is 10.6 Å². The fourth-order valence-electron chi connectivity index (χ4n) is 2.49. The van der Waals surface area contributed by atoms with Crippen molar-refractivity contribution in [2.24, 2.45) is 0 Å². The molecule has 0 saturated heterocycles. The van der Waals surface area contributed by atoms with Crippen molar-refractivity contribution in [2.45, 2.75) is 32.7 Å². The Hall–Kier alpha value is -2.31. The van der Waals surface area contributed by atoms with Gasteiger partial charge in [-0.05, 0) is 49.2 Å². The number of hydrogen-bond donors (Lipinski definition) is 3. The van der Waals surface area contributed by atoms with Gasteiger partial charge in [0, 0.05) is 5.69 Å². The minimum absolute atomic E-state index is 0.0415. The van der Waals surface area contributed by atoms with Gasteiger partial charge in [0.05, 0.1) is 19.8 Å². The second-order valence-corrected chi connectivity index (χ2v) is 5.97. The molecular weight excluding hydrogens is 296 g/mol. The van der Waals surface area contributed by atoms with E-state index in [9.17, 15) is 9.90 Å². The van der Waals surface area contributed by atoms with Crippen molar-refractivity contribution in [2.75, 3.05) is 11.9 Å². The molecule has 0 fully saturated rings. The molecule has 3 rings (SSSR count). The van der Waals surface area contributed by atoms with Crippen molar-refractivity contribution in [3.63, 3.8) is 0 Å². The third-order valence-corrected chi connectivity index (χ3v) is 3.84. The zero-order valence-corrected chi connectivity index (χ0v) is 13.2. The molecule has 6 heteroatoms. The monoisotopic (exact) mass is 316 g/mol. The molecular formula is C17H20N2O4. The molecule has 6 nitrogen and oxygen atoms in total. The zero-order chi connectivity index (χ0) is 16.4. The Kier molecular flexibility index (Phi) is 4.11. The maximum atomic E-state index is 12.0. The Labute approximate surface area is 134 Å². The fourth-order valence-corrected chi connectivity index (χ4v) is 2.49. The van der Waals surface area contributed by atoms with Crippen LogP contribution in [0.1, 0.15) is 29.6 Å². The van der Waals surface area contributed by atoms with Crippen LogP contribution in [-0.2, 0) is 23.6 Å². The Balaban J connectivity index is 1.57. The first-order chi connectivity index (χ1) is 10.9. The quantitative estimate of drug-likeness (QED) is 0.809. The molecule has 1 aliphatic rings. The van der Waals surface area contributed by atoms with Crippen LogP contribution in [-0.4, -0.2) is 17.7 Å². The smallest absolute Gasteiger partial charge is 0.319 e. The molecule has 3 N–H and O–H groups in total. The van der Waals surface area contributed by atoms with Crippen LogP contribution in [0.2, 0.25) is 0 Å². The number of rotatable bonds is 4. The highest BCUT2D eigenvalue weighted by molar-refractivity contribution is 5.89. The normalized spacial score (nSPS) is 15.8. The Morgan fingerprint density at radius 2 is 2.04 bits per heavy atom. The number of urea groups is 1. The van der Waals surface area contributed by atoms with Gasteiger partial charge in [-0.3, -0.25) is 0 Å². The van der Waals surface area contributed by atoms with Crippen molar-refractivity contribution in [3.8, 4) is 0 Å². The van der Waals surface area contributed by atoms with Gasteiger partial charge >= 0.3 is 6.03 Å². The van der Waals surface area contributed by atoms with Crippen LogP contribution < -0.4 is 10.6 Å². The summed E-state index contributed by atoms with van der Waals surface area (Å²) >= 11 is 0. The molecule has 23 heavy (non-hydrogen) atoms. The van der Waals surface area contributed by atoms with E-state index in [1.165, 1.54) is 0 Å². The highest BCUT2D eigenvalue weighted by Gasteiger charge is 2.27. The molecule has 1 unspecified atom stereocenters. The van der Waals surface area contributed by atoms with E-state index in [0.29, 0.717) is 30.4 Å². The summed E-state index contributed by atoms with van der Waals surface area (Å²) in [5.41, 5.74) is 1.66. The maximum Gasteiger partial charge on any atom is 0.319 e. The molecule has 2 heterocycles. The van der Waals surface area contributed by atoms with Crippen LogP contribution in [0.25, 0.3) is 0 Å². The van der Waals surface area contributed by atoms with Crippen molar-refractivity contribution < 1.29 is 19.1 Å². The number of nitrogens with one attached hydrogen (secondary N) is 2. The van der Waals surface area contributed by atoms with Crippen molar-refractivity contribution in [3.05, 3.63) is 53.0 Å². The molecule has 1 aliphatic heterocycles. The van der Waals surface area contributed by atoms with Crippen LogP contribution >= 0.6 is 0 Å². The molecule has 2 aromatic rings. The summed E-state index contributed by atoms with van der Waals surface area (Å²) in [7, 11) is 0.